The number of fused-ring (bicyclic) bond motifs is 1. The van der Waals surface area contributed by atoms with Crippen LogP contribution >= 0.6 is 0 Å². The van der Waals surface area contributed by atoms with Crippen LogP contribution in [0, 0.1) is 17.3 Å². The van der Waals surface area contributed by atoms with Crippen LogP contribution < -0.4 is 16.0 Å². The molecule has 1 saturated heterocycles. The zero-order valence-electron chi connectivity index (χ0n) is 21.6. The van der Waals surface area contributed by atoms with Gasteiger partial charge in [-0.15, -0.1) is 5.54 Å². The molecule has 1 saturated carbocycles. The molecule has 4 N–H and O–H groups in total. The Hall–Kier alpha value is -3.65. The number of rotatable bonds is 5. The van der Waals surface area contributed by atoms with E-state index in [4.69, 9.17) is 20.4 Å². The highest BCUT2D eigenvalue weighted by Crippen LogP contribution is 2.42. The second kappa shape index (κ2) is 9.34. The van der Waals surface area contributed by atoms with E-state index in [0.717, 1.165) is 23.8 Å². The number of aromatic amines is 1. The smallest absolute Gasteiger partial charge is 0.405 e. The molecule has 11 heteroatoms. The summed E-state index contributed by atoms with van der Waals surface area (Å²) in [6, 6.07) is 5.81. The monoisotopic (exact) mass is 521 g/mol. The van der Waals surface area contributed by atoms with Crippen molar-refractivity contribution in [3.8, 4) is 11.5 Å². The minimum atomic E-state index is -1.56. The van der Waals surface area contributed by atoms with Gasteiger partial charge in [0.25, 0.3) is 0 Å². The van der Waals surface area contributed by atoms with E-state index in [1.54, 1.807) is 0 Å². The normalized spacial score (nSPS) is 17.3. The molecule has 0 bridgehead atoms. The molecule has 0 spiro atoms. The Kier molecular flexibility index (Phi) is 6.31. The largest absolute Gasteiger partial charge is 0.443 e. The molecule has 1 aromatic carbocycles. The van der Waals surface area contributed by atoms with E-state index in [2.05, 4.69) is 46.6 Å². The van der Waals surface area contributed by atoms with Crippen LogP contribution in [0.15, 0.2) is 18.2 Å². The second-order valence-electron chi connectivity index (χ2n) is 11.2. The first-order valence-corrected chi connectivity index (χ1v) is 16.1. The van der Waals surface area contributed by atoms with E-state index in [-0.39, 0.29) is 17.6 Å². The predicted octanol–water partition coefficient (Wildman–Crippen LogP) is 4.80. The molecule has 2 fully saturated rings. The van der Waals surface area contributed by atoms with Gasteiger partial charge in [0.15, 0.2) is 11.6 Å². The van der Waals surface area contributed by atoms with Gasteiger partial charge in [-0.25, -0.2) is 14.2 Å². The number of primary amides is 1. The first-order chi connectivity index (χ1) is 17.5. The van der Waals surface area contributed by atoms with Crippen LogP contribution in [0.25, 0.3) is 10.9 Å². The lowest BCUT2D eigenvalue weighted by atomic mass is 9.93. The van der Waals surface area contributed by atoms with Crippen molar-refractivity contribution in [1.29, 1.82) is 0 Å². The molecule has 1 amide bonds. The molecule has 0 radical (unpaired) electrons. The van der Waals surface area contributed by atoms with Gasteiger partial charge in [0.05, 0.1) is 11.2 Å². The Morgan fingerprint density at radius 2 is 1.97 bits per heavy atom. The Bertz CT molecular complexity index is 1410. The van der Waals surface area contributed by atoms with Crippen LogP contribution in [0.3, 0.4) is 0 Å². The van der Waals surface area contributed by atoms with Crippen molar-refractivity contribution in [1.82, 2.24) is 20.2 Å². The standard InChI is InChI=1S/C26H32FN7O2Si/c1-26(36-24(28)35)10-12-34(13-11-26)25-29-19-8-5-16(9-14-37(2,3)4)15-18(19)22(31-25)30-23-20(27)21(32-33-23)17-6-7-17/h5,8,15,17H,6-7,10-13H2,1-4H3,(H2,28,35)(H2,29,30,31,32,33). The first kappa shape index (κ1) is 25.0. The summed E-state index contributed by atoms with van der Waals surface area (Å²) in [7, 11) is -1.56. The van der Waals surface area contributed by atoms with Crippen molar-refractivity contribution in [2.45, 2.75) is 63.8 Å². The summed E-state index contributed by atoms with van der Waals surface area (Å²) in [6.45, 7) is 9.62. The molecular formula is C26H32FN7O2Si. The molecule has 2 aromatic heterocycles. The van der Waals surface area contributed by atoms with Crippen molar-refractivity contribution >= 4 is 42.7 Å². The maximum Gasteiger partial charge on any atom is 0.405 e. The van der Waals surface area contributed by atoms with E-state index in [1.165, 1.54) is 0 Å². The molecule has 5 rings (SSSR count). The number of carbonyl (C=O) groups is 1. The Balaban J connectivity index is 1.51. The van der Waals surface area contributed by atoms with Crippen molar-refractivity contribution in [2.24, 2.45) is 5.73 Å². The predicted molar refractivity (Wildman–Crippen MR) is 144 cm³/mol. The van der Waals surface area contributed by atoms with Crippen molar-refractivity contribution in [3.63, 3.8) is 0 Å². The van der Waals surface area contributed by atoms with Gasteiger partial charge >= 0.3 is 6.09 Å². The van der Waals surface area contributed by atoms with Crippen LogP contribution in [0.5, 0.6) is 0 Å². The molecule has 194 valence electrons. The SMILES string of the molecule is CC1(OC(N)=O)CCN(c2nc(Nc3n[nH]c(C4CC4)c3F)c3cc(C#C[Si](C)(C)C)ccc3n2)CC1. The summed E-state index contributed by atoms with van der Waals surface area (Å²) in [5, 5.41) is 10.9. The maximum atomic E-state index is 15.1. The highest BCUT2D eigenvalue weighted by atomic mass is 28.3. The summed E-state index contributed by atoms with van der Waals surface area (Å²) in [5.41, 5.74) is 10.1. The number of carbonyl (C=O) groups excluding carboxylic acids is 1. The fourth-order valence-corrected chi connectivity index (χ4v) is 4.91. The zero-order chi connectivity index (χ0) is 26.4. The number of amides is 1. The third kappa shape index (κ3) is 5.69. The molecule has 0 unspecified atom stereocenters. The number of anilines is 3. The van der Waals surface area contributed by atoms with Gasteiger partial charge in [0, 0.05) is 42.8 Å². The number of hydrogen-bond donors (Lipinski definition) is 3. The fourth-order valence-electron chi connectivity index (χ4n) is 4.39. The highest BCUT2D eigenvalue weighted by molar-refractivity contribution is 6.83. The average molecular weight is 522 g/mol. The Morgan fingerprint density at radius 1 is 1.24 bits per heavy atom. The van der Waals surface area contributed by atoms with Gasteiger partial charge in [-0.1, -0.05) is 25.6 Å². The third-order valence-corrected chi connectivity index (χ3v) is 7.55. The van der Waals surface area contributed by atoms with Crippen LogP contribution in [0.1, 0.15) is 49.8 Å². The van der Waals surface area contributed by atoms with Crippen molar-refractivity contribution in [2.75, 3.05) is 23.3 Å². The molecule has 0 atom stereocenters. The molecule has 9 nitrogen and oxygen atoms in total. The number of nitrogens with zero attached hydrogens (tertiary/aromatic N) is 4. The topological polar surface area (TPSA) is 122 Å². The minimum Gasteiger partial charge on any atom is -0.443 e. The zero-order valence-corrected chi connectivity index (χ0v) is 22.6. The number of piperidine rings is 1. The molecule has 1 aliphatic carbocycles. The van der Waals surface area contributed by atoms with E-state index in [1.807, 2.05) is 30.0 Å². The first-order valence-electron chi connectivity index (χ1n) is 12.6. The lowest BCUT2D eigenvalue weighted by Gasteiger charge is -2.38. The number of benzene rings is 1. The molecular weight excluding hydrogens is 489 g/mol. The van der Waals surface area contributed by atoms with Crippen molar-refractivity contribution < 1.29 is 13.9 Å². The van der Waals surface area contributed by atoms with Gasteiger partial charge in [0.2, 0.25) is 5.95 Å². The van der Waals surface area contributed by atoms with Gasteiger partial charge in [0.1, 0.15) is 19.5 Å². The molecule has 3 heterocycles. The third-order valence-electron chi connectivity index (χ3n) is 6.67. The van der Waals surface area contributed by atoms with E-state index in [0.29, 0.717) is 48.9 Å². The molecule has 2 aliphatic rings. The molecule has 37 heavy (non-hydrogen) atoms. The van der Waals surface area contributed by atoms with Crippen LogP contribution in [0.2, 0.25) is 19.6 Å². The summed E-state index contributed by atoms with van der Waals surface area (Å²) < 4.78 is 20.4. The summed E-state index contributed by atoms with van der Waals surface area (Å²) >= 11 is 0. The van der Waals surface area contributed by atoms with Crippen LogP contribution in [-0.4, -0.2) is 53.0 Å². The number of nitrogens with one attached hydrogen (secondary N) is 2. The summed E-state index contributed by atoms with van der Waals surface area (Å²) in [6.07, 6.45) is 2.33. The van der Waals surface area contributed by atoms with E-state index in [9.17, 15) is 4.79 Å². The lowest BCUT2D eigenvalue weighted by molar-refractivity contribution is 0.0125. The summed E-state index contributed by atoms with van der Waals surface area (Å²) in [4.78, 5) is 22.9. The number of halogens is 1. The maximum absolute atomic E-state index is 15.1. The number of hydrogen-bond acceptors (Lipinski definition) is 7. The number of nitrogens with two attached hydrogens (primary N) is 1. The molecule has 3 aromatic rings. The van der Waals surface area contributed by atoms with E-state index < -0.39 is 19.8 Å². The average Bonchev–Trinajstić information content (AvgIpc) is 3.60. The minimum absolute atomic E-state index is 0.118. The number of H-pyrrole nitrogens is 1. The Morgan fingerprint density at radius 3 is 2.62 bits per heavy atom. The van der Waals surface area contributed by atoms with Gasteiger partial charge in [-0.05, 0) is 38.0 Å². The van der Waals surface area contributed by atoms with Gasteiger partial charge in [-0.2, -0.15) is 10.1 Å². The van der Waals surface area contributed by atoms with E-state index >= 15 is 4.39 Å². The lowest BCUT2D eigenvalue weighted by Crippen LogP contribution is -2.46. The van der Waals surface area contributed by atoms with Crippen LogP contribution in [0.4, 0.5) is 26.8 Å². The molecule has 1 aliphatic heterocycles. The number of ether oxygens (including phenoxy) is 1. The van der Waals surface area contributed by atoms with Gasteiger partial charge < -0.3 is 20.7 Å². The summed E-state index contributed by atoms with van der Waals surface area (Å²) in [5.74, 6) is 4.20. The van der Waals surface area contributed by atoms with Crippen molar-refractivity contribution in [3.05, 3.63) is 35.3 Å². The fraction of sp³-hybridized carbons (Fsp3) is 0.462. The van der Waals surface area contributed by atoms with Crippen LogP contribution in [-0.2, 0) is 4.74 Å². The second-order valence-corrected chi connectivity index (χ2v) is 15.9. The number of aromatic nitrogens is 4. The highest BCUT2D eigenvalue weighted by Gasteiger charge is 2.34. The quantitative estimate of drug-likeness (QED) is 0.326. The Labute approximate surface area is 216 Å². The van der Waals surface area contributed by atoms with Gasteiger partial charge in [-0.3, -0.25) is 5.10 Å².